The Labute approximate surface area is 64.9 Å². The fourth-order valence-electron chi connectivity index (χ4n) is 0.525. The Kier molecular flexibility index (Phi) is 3.67. The van der Waals surface area contributed by atoms with E-state index in [2.05, 4.69) is 9.91 Å². The summed E-state index contributed by atoms with van der Waals surface area (Å²) in [5.74, 6) is -0.474. The Bertz CT molecular complexity index is 160. The molecule has 5 nitrogen and oxygen atoms in total. The number of rotatable bonds is 4. The highest BCUT2D eigenvalue weighted by molar-refractivity contribution is 5.70. The molecule has 0 aromatic carbocycles. The zero-order valence-electron chi connectivity index (χ0n) is 6.66. The Morgan fingerprint density at radius 3 is 2.55 bits per heavy atom. The molecule has 0 heterocycles. The highest BCUT2D eigenvalue weighted by Crippen LogP contribution is 2.13. The molecule has 0 rings (SSSR count). The molecule has 0 aromatic heterocycles. The summed E-state index contributed by atoms with van der Waals surface area (Å²) in [7, 11) is 1.25. The SMILES string of the molecule is COC(=O)CC(C)(CN)N=O. The molecule has 2 N–H and O–H groups in total. The summed E-state index contributed by atoms with van der Waals surface area (Å²) >= 11 is 0. The quantitative estimate of drug-likeness (QED) is 0.464. The number of hydrogen-bond donors (Lipinski definition) is 1. The fourth-order valence-corrected chi connectivity index (χ4v) is 0.525. The van der Waals surface area contributed by atoms with Crippen molar-refractivity contribution in [2.24, 2.45) is 10.9 Å². The summed E-state index contributed by atoms with van der Waals surface area (Å²) in [4.78, 5) is 20.8. The van der Waals surface area contributed by atoms with Crippen molar-refractivity contribution in [2.75, 3.05) is 13.7 Å². The lowest BCUT2D eigenvalue weighted by Crippen LogP contribution is -2.34. The lowest BCUT2D eigenvalue weighted by molar-refractivity contribution is -0.141. The maximum Gasteiger partial charge on any atom is 0.308 e. The minimum absolute atomic E-state index is 0.0472. The van der Waals surface area contributed by atoms with Gasteiger partial charge < -0.3 is 10.5 Å². The average molecular weight is 160 g/mol. The molecular weight excluding hydrogens is 148 g/mol. The van der Waals surface area contributed by atoms with E-state index in [9.17, 15) is 9.70 Å². The molecule has 0 fully saturated rings. The van der Waals surface area contributed by atoms with E-state index in [1.54, 1.807) is 0 Å². The lowest BCUT2D eigenvalue weighted by Gasteiger charge is -2.16. The van der Waals surface area contributed by atoms with E-state index in [1.165, 1.54) is 14.0 Å². The van der Waals surface area contributed by atoms with Gasteiger partial charge in [-0.2, -0.15) is 4.91 Å². The third-order valence-electron chi connectivity index (χ3n) is 1.41. The molecule has 0 bridgehead atoms. The minimum Gasteiger partial charge on any atom is -0.469 e. The monoisotopic (exact) mass is 160 g/mol. The van der Waals surface area contributed by atoms with Crippen LogP contribution >= 0.6 is 0 Å². The van der Waals surface area contributed by atoms with Gasteiger partial charge in [0.05, 0.1) is 13.5 Å². The van der Waals surface area contributed by atoms with Crippen molar-refractivity contribution in [1.82, 2.24) is 0 Å². The summed E-state index contributed by atoms with van der Waals surface area (Å²) in [6, 6.07) is 0. The van der Waals surface area contributed by atoms with Crippen LogP contribution < -0.4 is 5.73 Å². The molecule has 1 atom stereocenters. The third kappa shape index (κ3) is 3.08. The molecule has 0 aliphatic rings. The van der Waals surface area contributed by atoms with E-state index >= 15 is 0 Å². The maximum atomic E-state index is 10.7. The Balaban J connectivity index is 4.07. The van der Waals surface area contributed by atoms with Crippen molar-refractivity contribution in [1.29, 1.82) is 0 Å². The second kappa shape index (κ2) is 4.02. The molecule has 0 amide bonds. The van der Waals surface area contributed by atoms with Gasteiger partial charge in [-0.1, -0.05) is 5.18 Å². The van der Waals surface area contributed by atoms with Gasteiger partial charge in [-0.15, -0.1) is 0 Å². The van der Waals surface area contributed by atoms with Gasteiger partial charge in [0.25, 0.3) is 0 Å². The molecule has 0 aromatic rings. The summed E-state index contributed by atoms with van der Waals surface area (Å²) < 4.78 is 4.36. The second-order valence-electron chi connectivity index (χ2n) is 2.55. The maximum absolute atomic E-state index is 10.7. The van der Waals surface area contributed by atoms with Crippen molar-refractivity contribution < 1.29 is 9.53 Å². The van der Waals surface area contributed by atoms with Crippen LogP contribution in [0.15, 0.2) is 5.18 Å². The predicted octanol–water partition coefficient (Wildman–Crippen LogP) is 0.0333. The van der Waals surface area contributed by atoms with Crippen molar-refractivity contribution in [3.63, 3.8) is 0 Å². The van der Waals surface area contributed by atoms with Crippen LogP contribution in [0.5, 0.6) is 0 Å². The number of nitroso groups, excluding NO2 is 1. The zero-order chi connectivity index (χ0) is 8.91. The molecule has 0 spiro atoms. The van der Waals surface area contributed by atoms with Crippen molar-refractivity contribution in [2.45, 2.75) is 18.9 Å². The van der Waals surface area contributed by atoms with Gasteiger partial charge in [-0.3, -0.25) is 4.79 Å². The minimum atomic E-state index is -1.02. The van der Waals surface area contributed by atoms with Gasteiger partial charge >= 0.3 is 5.97 Å². The predicted molar refractivity (Wildman–Crippen MR) is 39.9 cm³/mol. The van der Waals surface area contributed by atoms with Gasteiger partial charge in [-0.05, 0) is 6.92 Å². The summed E-state index contributed by atoms with van der Waals surface area (Å²) in [6.45, 7) is 1.56. The fraction of sp³-hybridized carbons (Fsp3) is 0.833. The molecule has 11 heavy (non-hydrogen) atoms. The zero-order valence-corrected chi connectivity index (χ0v) is 6.66. The van der Waals surface area contributed by atoms with Gasteiger partial charge in [0.1, 0.15) is 5.54 Å². The molecule has 0 aliphatic heterocycles. The van der Waals surface area contributed by atoms with Crippen LogP contribution in [0, 0.1) is 4.91 Å². The summed E-state index contributed by atoms with van der Waals surface area (Å²) in [5, 5.41) is 2.75. The molecule has 0 saturated heterocycles. The first-order chi connectivity index (χ1) is 5.08. The van der Waals surface area contributed by atoms with E-state index in [4.69, 9.17) is 5.73 Å². The van der Waals surface area contributed by atoms with Crippen LogP contribution in [0.1, 0.15) is 13.3 Å². The lowest BCUT2D eigenvalue weighted by atomic mass is 10.00. The first kappa shape index (κ1) is 10.0. The van der Waals surface area contributed by atoms with Crippen LogP contribution in [0.2, 0.25) is 0 Å². The van der Waals surface area contributed by atoms with Gasteiger partial charge in [0.15, 0.2) is 0 Å². The summed E-state index contributed by atoms with van der Waals surface area (Å²) in [5.41, 5.74) is 4.20. The molecule has 0 radical (unpaired) electrons. The van der Waals surface area contributed by atoms with E-state index < -0.39 is 11.5 Å². The first-order valence-corrected chi connectivity index (χ1v) is 3.19. The van der Waals surface area contributed by atoms with Crippen LogP contribution in [0.25, 0.3) is 0 Å². The molecule has 0 aliphatic carbocycles. The van der Waals surface area contributed by atoms with Crippen LogP contribution in [0.4, 0.5) is 0 Å². The molecule has 0 saturated carbocycles. The number of carbonyl (C=O) groups is 1. The number of esters is 1. The Morgan fingerprint density at radius 2 is 2.27 bits per heavy atom. The van der Waals surface area contributed by atoms with Gasteiger partial charge in [0.2, 0.25) is 0 Å². The van der Waals surface area contributed by atoms with Crippen LogP contribution in [-0.4, -0.2) is 25.2 Å². The van der Waals surface area contributed by atoms with Crippen molar-refractivity contribution >= 4 is 5.97 Å². The third-order valence-corrected chi connectivity index (χ3v) is 1.41. The van der Waals surface area contributed by atoms with Crippen molar-refractivity contribution in [3.8, 4) is 0 Å². The van der Waals surface area contributed by atoms with Gasteiger partial charge in [-0.25, -0.2) is 0 Å². The van der Waals surface area contributed by atoms with Crippen LogP contribution in [0.3, 0.4) is 0 Å². The van der Waals surface area contributed by atoms with E-state index in [0.717, 1.165) is 0 Å². The number of nitrogens with zero attached hydrogens (tertiary/aromatic N) is 1. The van der Waals surface area contributed by atoms with Crippen LogP contribution in [-0.2, 0) is 9.53 Å². The van der Waals surface area contributed by atoms with E-state index in [-0.39, 0.29) is 13.0 Å². The number of methoxy groups -OCH3 is 1. The molecular formula is C6H12N2O3. The molecule has 1 unspecified atom stereocenters. The number of hydrogen-bond acceptors (Lipinski definition) is 5. The Hall–Kier alpha value is -0.970. The van der Waals surface area contributed by atoms with E-state index in [1.807, 2.05) is 0 Å². The number of ether oxygens (including phenoxy) is 1. The highest BCUT2D eigenvalue weighted by Gasteiger charge is 2.27. The number of nitrogens with two attached hydrogens (primary N) is 1. The van der Waals surface area contributed by atoms with E-state index in [0.29, 0.717) is 0 Å². The highest BCUT2D eigenvalue weighted by atomic mass is 16.5. The molecule has 64 valence electrons. The van der Waals surface area contributed by atoms with Gasteiger partial charge in [0, 0.05) is 6.54 Å². The largest absolute Gasteiger partial charge is 0.469 e. The topological polar surface area (TPSA) is 81.8 Å². The smallest absolute Gasteiger partial charge is 0.308 e. The second-order valence-corrected chi connectivity index (χ2v) is 2.55. The Morgan fingerprint density at radius 1 is 1.73 bits per heavy atom. The standard InChI is InChI=1S/C6H12N2O3/c1-6(4-7,8-10)3-5(9)11-2/h3-4,7H2,1-2H3. The van der Waals surface area contributed by atoms with Crippen molar-refractivity contribution in [3.05, 3.63) is 4.91 Å². The first-order valence-electron chi connectivity index (χ1n) is 3.19. The normalized spacial score (nSPS) is 15.2. The summed E-state index contributed by atoms with van der Waals surface area (Å²) in [6.07, 6.45) is -0.0660. The number of carbonyl (C=O) groups excluding carboxylic acids is 1. The average Bonchev–Trinajstić information content (AvgIpc) is 2.04. The molecule has 5 heteroatoms.